The van der Waals surface area contributed by atoms with E-state index in [1.807, 2.05) is 6.08 Å². The fourth-order valence-corrected chi connectivity index (χ4v) is 3.49. The molecule has 1 atom stereocenters. The summed E-state index contributed by atoms with van der Waals surface area (Å²) < 4.78 is 26.8. The molecule has 0 bridgehead atoms. The molecule has 1 unspecified atom stereocenters. The van der Waals surface area contributed by atoms with Crippen LogP contribution in [0.3, 0.4) is 0 Å². The minimum atomic E-state index is -3.57. The average molecular weight is 273 g/mol. The lowest BCUT2D eigenvalue weighted by Crippen LogP contribution is -2.35. The SMILES string of the molecule is O=S(=O)(NC1CC=CCC1)c1cccnc1Cl. The van der Waals surface area contributed by atoms with Crippen LogP contribution in [0.4, 0.5) is 0 Å². The lowest BCUT2D eigenvalue weighted by atomic mass is 10.0. The maximum atomic E-state index is 12.1. The van der Waals surface area contributed by atoms with Crippen LogP contribution < -0.4 is 4.72 Å². The first-order chi connectivity index (χ1) is 8.09. The number of nitrogens with zero attached hydrogens (tertiary/aromatic N) is 1. The van der Waals surface area contributed by atoms with Gasteiger partial charge in [0, 0.05) is 12.2 Å². The number of hydrogen-bond donors (Lipinski definition) is 1. The molecule has 0 fully saturated rings. The maximum absolute atomic E-state index is 12.1. The molecular weight excluding hydrogens is 260 g/mol. The predicted molar refractivity (Wildman–Crippen MR) is 66.3 cm³/mol. The van der Waals surface area contributed by atoms with Gasteiger partial charge in [0.1, 0.15) is 10.0 Å². The number of halogens is 1. The third-order valence-corrected chi connectivity index (χ3v) is 4.57. The highest BCUT2D eigenvalue weighted by molar-refractivity contribution is 7.89. The minimum absolute atomic E-state index is 0.00588. The van der Waals surface area contributed by atoms with E-state index in [1.54, 1.807) is 6.07 Å². The average Bonchev–Trinajstić information content (AvgIpc) is 2.30. The monoisotopic (exact) mass is 272 g/mol. The van der Waals surface area contributed by atoms with Gasteiger partial charge in [0.15, 0.2) is 0 Å². The van der Waals surface area contributed by atoms with E-state index < -0.39 is 10.0 Å². The number of hydrogen-bond acceptors (Lipinski definition) is 3. The Morgan fingerprint density at radius 1 is 1.41 bits per heavy atom. The number of pyridine rings is 1. The summed E-state index contributed by atoms with van der Waals surface area (Å²) in [6, 6.07) is 2.96. The number of allylic oxidation sites excluding steroid dienone is 1. The second-order valence-corrected chi connectivity index (χ2v) is 5.94. The maximum Gasteiger partial charge on any atom is 0.243 e. The van der Waals surface area contributed by atoms with Gasteiger partial charge in [-0.3, -0.25) is 0 Å². The molecule has 1 aliphatic carbocycles. The molecule has 1 aliphatic rings. The van der Waals surface area contributed by atoms with Gasteiger partial charge in [-0.05, 0) is 31.4 Å². The second kappa shape index (κ2) is 5.16. The molecule has 1 N–H and O–H groups in total. The fourth-order valence-electron chi connectivity index (χ4n) is 1.76. The van der Waals surface area contributed by atoms with Gasteiger partial charge < -0.3 is 0 Å². The van der Waals surface area contributed by atoms with Crippen LogP contribution in [0.15, 0.2) is 35.4 Å². The third-order valence-electron chi connectivity index (χ3n) is 2.61. The van der Waals surface area contributed by atoms with E-state index in [-0.39, 0.29) is 16.1 Å². The van der Waals surface area contributed by atoms with E-state index in [9.17, 15) is 8.42 Å². The van der Waals surface area contributed by atoms with E-state index in [0.717, 1.165) is 19.3 Å². The predicted octanol–water partition coefficient (Wildman–Crippen LogP) is 2.12. The molecule has 17 heavy (non-hydrogen) atoms. The van der Waals surface area contributed by atoms with Crippen molar-refractivity contribution >= 4 is 21.6 Å². The number of aromatic nitrogens is 1. The molecule has 0 radical (unpaired) electrons. The highest BCUT2D eigenvalue weighted by atomic mass is 35.5. The molecule has 1 aromatic rings. The van der Waals surface area contributed by atoms with Crippen LogP contribution in [0.25, 0.3) is 0 Å². The number of sulfonamides is 1. The normalized spacial score (nSPS) is 20.4. The Balaban J connectivity index is 2.19. The third kappa shape index (κ3) is 3.06. The molecule has 92 valence electrons. The Bertz CT molecular complexity index is 528. The molecule has 1 heterocycles. The second-order valence-electron chi connectivity index (χ2n) is 3.90. The Morgan fingerprint density at radius 2 is 2.24 bits per heavy atom. The van der Waals surface area contributed by atoms with E-state index in [0.29, 0.717) is 0 Å². The van der Waals surface area contributed by atoms with Crippen LogP contribution in [0.5, 0.6) is 0 Å². The van der Waals surface area contributed by atoms with Crippen molar-refractivity contribution in [1.29, 1.82) is 0 Å². The van der Waals surface area contributed by atoms with Crippen LogP contribution in [-0.2, 0) is 10.0 Å². The van der Waals surface area contributed by atoms with Crippen molar-refractivity contribution < 1.29 is 8.42 Å². The van der Waals surface area contributed by atoms with Crippen molar-refractivity contribution in [2.45, 2.75) is 30.2 Å². The van der Waals surface area contributed by atoms with Crippen LogP contribution in [-0.4, -0.2) is 19.4 Å². The molecule has 0 spiro atoms. The highest BCUT2D eigenvalue weighted by Crippen LogP contribution is 2.20. The molecule has 0 amide bonds. The Kier molecular flexibility index (Phi) is 3.81. The summed E-state index contributed by atoms with van der Waals surface area (Å²) >= 11 is 5.78. The van der Waals surface area contributed by atoms with Gasteiger partial charge in [-0.15, -0.1) is 0 Å². The van der Waals surface area contributed by atoms with Gasteiger partial charge >= 0.3 is 0 Å². The summed E-state index contributed by atoms with van der Waals surface area (Å²) in [6.07, 6.45) is 7.94. The topological polar surface area (TPSA) is 59.1 Å². The summed E-state index contributed by atoms with van der Waals surface area (Å²) in [5.74, 6) is 0. The van der Waals surface area contributed by atoms with Gasteiger partial charge in [-0.25, -0.2) is 18.1 Å². The van der Waals surface area contributed by atoms with Crippen molar-refractivity contribution in [3.8, 4) is 0 Å². The first-order valence-corrected chi connectivity index (χ1v) is 7.23. The first kappa shape index (κ1) is 12.5. The lowest BCUT2D eigenvalue weighted by molar-refractivity contribution is 0.522. The zero-order valence-corrected chi connectivity index (χ0v) is 10.7. The van der Waals surface area contributed by atoms with E-state index >= 15 is 0 Å². The largest absolute Gasteiger partial charge is 0.243 e. The van der Waals surface area contributed by atoms with Crippen molar-refractivity contribution in [1.82, 2.24) is 9.71 Å². The summed E-state index contributed by atoms with van der Waals surface area (Å²) in [4.78, 5) is 3.81. The summed E-state index contributed by atoms with van der Waals surface area (Å²) in [5.41, 5.74) is 0. The fraction of sp³-hybridized carbons (Fsp3) is 0.364. The number of rotatable bonds is 3. The molecule has 4 nitrogen and oxygen atoms in total. The molecule has 6 heteroatoms. The van der Waals surface area contributed by atoms with Crippen LogP contribution in [0.2, 0.25) is 5.15 Å². The summed E-state index contributed by atoms with van der Waals surface area (Å²) in [6.45, 7) is 0. The summed E-state index contributed by atoms with van der Waals surface area (Å²) in [7, 11) is -3.57. The van der Waals surface area contributed by atoms with E-state index in [1.165, 1.54) is 12.3 Å². The standard InChI is InChI=1S/C11H13ClN2O2S/c12-11-10(7-4-8-13-11)17(15,16)14-9-5-2-1-3-6-9/h1-2,4,7-9,14H,3,5-6H2. The Labute approximate surface area is 106 Å². The zero-order valence-electron chi connectivity index (χ0n) is 9.14. The van der Waals surface area contributed by atoms with Crippen LogP contribution >= 0.6 is 11.6 Å². The van der Waals surface area contributed by atoms with Crippen molar-refractivity contribution in [2.24, 2.45) is 0 Å². The molecule has 2 rings (SSSR count). The van der Waals surface area contributed by atoms with Gasteiger partial charge in [-0.1, -0.05) is 23.8 Å². The highest BCUT2D eigenvalue weighted by Gasteiger charge is 2.22. The first-order valence-electron chi connectivity index (χ1n) is 5.37. The Morgan fingerprint density at radius 3 is 2.88 bits per heavy atom. The molecule has 0 saturated carbocycles. The molecule has 0 aromatic carbocycles. The Hall–Kier alpha value is -0.910. The van der Waals surface area contributed by atoms with Crippen molar-refractivity contribution in [3.05, 3.63) is 35.6 Å². The van der Waals surface area contributed by atoms with Crippen LogP contribution in [0.1, 0.15) is 19.3 Å². The van der Waals surface area contributed by atoms with Gasteiger partial charge in [-0.2, -0.15) is 0 Å². The smallest absolute Gasteiger partial charge is 0.243 e. The summed E-state index contributed by atoms with van der Waals surface area (Å²) in [5, 5.41) is 0.00588. The van der Waals surface area contributed by atoms with Crippen molar-refractivity contribution in [3.63, 3.8) is 0 Å². The van der Waals surface area contributed by atoms with Gasteiger partial charge in [0.05, 0.1) is 0 Å². The van der Waals surface area contributed by atoms with E-state index in [4.69, 9.17) is 11.6 Å². The van der Waals surface area contributed by atoms with Crippen LogP contribution in [0, 0.1) is 0 Å². The molecule has 0 saturated heterocycles. The number of nitrogens with one attached hydrogen (secondary N) is 1. The van der Waals surface area contributed by atoms with Gasteiger partial charge in [0.25, 0.3) is 0 Å². The molecule has 0 aliphatic heterocycles. The molecule has 1 aromatic heterocycles. The minimum Gasteiger partial charge on any atom is -0.243 e. The van der Waals surface area contributed by atoms with E-state index in [2.05, 4.69) is 15.8 Å². The zero-order chi connectivity index (χ0) is 12.3. The quantitative estimate of drug-likeness (QED) is 0.677. The lowest BCUT2D eigenvalue weighted by Gasteiger charge is -2.19. The van der Waals surface area contributed by atoms with Gasteiger partial charge in [0.2, 0.25) is 10.0 Å². The molecular formula is C11H13ClN2O2S. The van der Waals surface area contributed by atoms with Crippen molar-refractivity contribution in [2.75, 3.05) is 0 Å².